The molecule has 0 aromatic carbocycles. The fraction of sp³-hybridized carbons (Fsp3) is 0.714. The molecule has 0 spiro atoms. The van der Waals surface area contributed by atoms with Gasteiger partial charge < -0.3 is 10.1 Å². The Morgan fingerprint density at radius 3 is 2.71 bits per heavy atom. The second-order valence-corrected chi connectivity index (χ2v) is 8.71. The first-order valence-electron chi connectivity index (χ1n) is 7.24. The highest BCUT2D eigenvalue weighted by Gasteiger charge is 2.24. The van der Waals surface area contributed by atoms with Crippen molar-refractivity contribution in [3.05, 3.63) is 17.0 Å². The van der Waals surface area contributed by atoms with Crippen LogP contribution in [0.15, 0.2) is 15.7 Å². The van der Waals surface area contributed by atoms with Crippen molar-refractivity contribution < 1.29 is 13.2 Å². The molecule has 0 amide bonds. The van der Waals surface area contributed by atoms with Crippen LogP contribution in [-0.4, -0.2) is 34.2 Å². The van der Waals surface area contributed by atoms with E-state index in [-0.39, 0.29) is 12.0 Å². The summed E-state index contributed by atoms with van der Waals surface area (Å²) in [5.74, 6) is 0.177. The van der Waals surface area contributed by atoms with Gasteiger partial charge in [0.1, 0.15) is 4.21 Å². The first-order valence-corrected chi connectivity index (χ1v) is 9.60. The first kappa shape index (κ1) is 16.9. The average molecular weight is 332 g/mol. The monoisotopic (exact) mass is 332 g/mol. The Labute approximate surface area is 131 Å². The predicted octanol–water partition coefficient (Wildman–Crippen LogP) is 1.95. The van der Waals surface area contributed by atoms with Crippen LogP contribution >= 0.6 is 11.3 Å². The number of thiophene rings is 1. The molecule has 1 atom stereocenters. The maximum absolute atomic E-state index is 12.4. The number of rotatable bonds is 9. The highest BCUT2D eigenvalue weighted by molar-refractivity contribution is 7.91. The zero-order valence-corrected chi connectivity index (χ0v) is 14.4. The third kappa shape index (κ3) is 5.03. The Balaban J connectivity index is 2.00. The zero-order chi connectivity index (χ0) is 15.5. The third-order valence-corrected chi connectivity index (χ3v) is 6.50. The van der Waals surface area contributed by atoms with Crippen LogP contribution < -0.4 is 10.0 Å². The molecular formula is C14H24N2O3S2. The number of hydrogen-bond acceptors (Lipinski definition) is 5. The molecule has 0 radical (unpaired) electrons. The maximum Gasteiger partial charge on any atom is 0.250 e. The molecule has 1 saturated carbocycles. The molecule has 2 rings (SSSR count). The molecule has 1 fully saturated rings. The van der Waals surface area contributed by atoms with Crippen molar-refractivity contribution in [1.29, 1.82) is 0 Å². The minimum Gasteiger partial charge on any atom is -0.383 e. The van der Waals surface area contributed by atoms with Crippen LogP contribution in [0.2, 0.25) is 0 Å². The van der Waals surface area contributed by atoms with Crippen LogP contribution in [0.4, 0.5) is 0 Å². The maximum atomic E-state index is 12.4. The molecule has 21 heavy (non-hydrogen) atoms. The van der Waals surface area contributed by atoms with E-state index in [0.29, 0.717) is 16.9 Å². The topological polar surface area (TPSA) is 67.4 Å². The van der Waals surface area contributed by atoms with Gasteiger partial charge in [-0.05, 0) is 35.8 Å². The number of methoxy groups -OCH3 is 1. The number of nitrogens with one attached hydrogen (secondary N) is 2. The molecule has 1 unspecified atom stereocenters. The van der Waals surface area contributed by atoms with Gasteiger partial charge in [-0.15, -0.1) is 11.3 Å². The lowest BCUT2D eigenvalue weighted by Crippen LogP contribution is -2.41. The molecule has 1 aromatic rings. The fourth-order valence-corrected chi connectivity index (χ4v) is 4.53. The van der Waals surface area contributed by atoms with E-state index in [2.05, 4.69) is 10.0 Å². The summed E-state index contributed by atoms with van der Waals surface area (Å²) in [6, 6.07) is 2.16. The zero-order valence-electron chi connectivity index (χ0n) is 12.8. The minimum atomic E-state index is -3.47. The van der Waals surface area contributed by atoms with Crippen molar-refractivity contribution in [3.8, 4) is 0 Å². The number of hydrogen-bond donors (Lipinski definition) is 2. The summed E-state index contributed by atoms with van der Waals surface area (Å²) in [6.07, 6.45) is 2.45. The molecule has 5 nitrogen and oxygen atoms in total. The van der Waals surface area contributed by atoms with Crippen molar-refractivity contribution in [2.24, 2.45) is 5.92 Å². The van der Waals surface area contributed by atoms with Crippen LogP contribution in [0.1, 0.15) is 32.3 Å². The lowest BCUT2D eigenvalue weighted by molar-refractivity contribution is 0.157. The standard InChI is InChI=1S/C14H24N2O3S2/c1-10(2)13(8-19-3)16-21(17,18)14-6-11(9-20-14)7-15-12-4-5-12/h6,9-10,12-13,15-16H,4-5,7-8H2,1-3H3. The van der Waals surface area contributed by atoms with Crippen molar-refractivity contribution in [2.45, 2.75) is 49.5 Å². The fourth-order valence-electron chi connectivity index (χ4n) is 1.94. The van der Waals surface area contributed by atoms with E-state index in [1.54, 1.807) is 13.2 Å². The highest BCUT2D eigenvalue weighted by atomic mass is 32.2. The predicted molar refractivity (Wildman–Crippen MR) is 85.0 cm³/mol. The summed E-state index contributed by atoms with van der Waals surface area (Å²) in [5, 5.41) is 5.30. The quantitative estimate of drug-likeness (QED) is 0.725. The van der Waals surface area contributed by atoms with Crippen molar-refractivity contribution in [3.63, 3.8) is 0 Å². The van der Waals surface area contributed by atoms with Gasteiger partial charge >= 0.3 is 0 Å². The highest BCUT2D eigenvalue weighted by Crippen LogP contribution is 2.23. The molecule has 1 aromatic heterocycles. The Hall–Kier alpha value is -0.470. The van der Waals surface area contributed by atoms with Gasteiger partial charge in [-0.3, -0.25) is 0 Å². The molecule has 7 heteroatoms. The van der Waals surface area contributed by atoms with E-state index in [1.165, 1.54) is 24.2 Å². The second-order valence-electron chi connectivity index (χ2n) is 5.86. The van der Waals surface area contributed by atoms with Gasteiger partial charge in [-0.25, -0.2) is 13.1 Å². The third-order valence-electron chi connectivity index (χ3n) is 3.52. The van der Waals surface area contributed by atoms with Gasteiger partial charge in [0, 0.05) is 25.7 Å². The summed E-state index contributed by atoms with van der Waals surface area (Å²) in [6.45, 7) is 5.07. The first-order chi connectivity index (χ1) is 9.92. The lowest BCUT2D eigenvalue weighted by Gasteiger charge is -2.20. The SMILES string of the molecule is COCC(NS(=O)(=O)c1cc(CNC2CC2)cs1)C(C)C. The summed E-state index contributed by atoms with van der Waals surface area (Å²) < 4.78 is 33.0. The Morgan fingerprint density at radius 1 is 1.43 bits per heavy atom. The van der Waals surface area contributed by atoms with Crippen LogP contribution in [0, 0.1) is 5.92 Å². The lowest BCUT2D eigenvalue weighted by atomic mass is 10.1. The molecule has 0 aliphatic heterocycles. The molecule has 1 aliphatic carbocycles. The van der Waals surface area contributed by atoms with Gasteiger partial charge in [-0.1, -0.05) is 13.8 Å². The number of ether oxygens (including phenoxy) is 1. The van der Waals surface area contributed by atoms with Crippen molar-refractivity contribution >= 4 is 21.4 Å². The van der Waals surface area contributed by atoms with E-state index in [1.807, 2.05) is 19.2 Å². The van der Waals surface area contributed by atoms with Gasteiger partial charge in [0.05, 0.1) is 6.61 Å². The Bertz CT molecular complexity index is 550. The molecule has 1 heterocycles. The molecule has 0 bridgehead atoms. The van der Waals surface area contributed by atoms with Gasteiger partial charge in [-0.2, -0.15) is 0 Å². The molecular weight excluding hydrogens is 308 g/mol. The summed E-state index contributed by atoms with van der Waals surface area (Å²) in [7, 11) is -1.89. The van der Waals surface area contributed by atoms with Crippen molar-refractivity contribution in [2.75, 3.05) is 13.7 Å². The minimum absolute atomic E-state index is 0.177. The summed E-state index contributed by atoms with van der Waals surface area (Å²) in [4.78, 5) is 0. The largest absolute Gasteiger partial charge is 0.383 e. The van der Waals surface area contributed by atoms with Gasteiger partial charge in [0.25, 0.3) is 0 Å². The molecule has 0 saturated heterocycles. The van der Waals surface area contributed by atoms with E-state index in [4.69, 9.17) is 4.74 Å². The summed E-state index contributed by atoms with van der Waals surface area (Å²) in [5.41, 5.74) is 1.03. The smallest absolute Gasteiger partial charge is 0.250 e. The average Bonchev–Trinajstić information content (AvgIpc) is 3.11. The van der Waals surface area contributed by atoms with Gasteiger partial charge in [0.15, 0.2) is 0 Å². The molecule has 2 N–H and O–H groups in total. The normalized spacial score (nSPS) is 17.3. The van der Waals surface area contributed by atoms with Crippen LogP contribution in [-0.2, 0) is 21.3 Å². The van der Waals surface area contributed by atoms with E-state index < -0.39 is 10.0 Å². The Morgan fingerprint density at radius 2 is 2.14 bits per heavy atom. The van der Waals surface area contributed by atoms with Crippen LogP contribution in [0.25, 0.3) is 0 Å². The van der Waals surface area contributed by atoms with E-state index >= 15 is 0 Å². The van der Waals surface area contributed by atoms with Crippen molar-refractivity contribution in [1.82, 2.24) is 10.0 Å². The van der Waals surface area contributed by atoms with E-state index in [9.17, 15) is 8.42 Å². The Kier molecular flexibility index (Phi) is 5.79. The van der Waals surface area contributed by atoms with Gasteiger partial charge in [0.2, 0.25) is 10.0 Å². The van der Waals surface area contributed by atoms with Crippen LogP contribution in [0.3, 0.4) is 0 Å². The molecule has 1 aliphatic rings. The molecule has 120 valence electrons. The number of sulfonamides is 1. The second kappa shape index (κ2) is 7.19. The van der Waals surface area contributed by atoms with E-state index in [0.717, 1.165) is 12.1 Å². The van der Waals surface area contributed by atoms with Crippen LogP contribution in [0.5, 0.6) is 0 Å². The summed E-state index contributed by atoms with van der Waals surface area (Å²) >= 11 is 1.27.